The molecule has 102 valence electrons. The van der Waals surface area contributed by atoms with Gasteiger partial charge in [-0.15, -0.1) is 0 Å². The molecule has 0 aromatic rings. The lowest BCUT2D eigenvalue weighted by atomic mass is 10.1. The summed E-state index contributed by atoms with van der Waals surface area (Å²) < 4.78 is 4.86. The molecule has 0 saturated carbocycles. The van der Waals surface area contributed by atoms with Crippen LogP contribution in [0.2, 0.25) is 0 Å². The molecular weight excluding hydrogens is 224 g/mol. The zero-order valence-corrected chi connectivity index (χ0v) is 11.8. The van der Waals surface area contributed by atoms with E-state index in [2.05, 4.69) is 24.8 Å². The van der Waals surface area contributed by atoms with Gasteiger partial charge in [0.15, 0.2) is 0 Å². The van der Waals surface area contributed by atoms with E-state index >= 15 is 0 Å². The summed E-state index contributed by atoms with van der Waals surface area (Å²) in [6.07, 6.45) is 13.1. The van der Waals surface area contributed by atoms with E-state index in [-0.39, 0.29) is 5.97 Å². The molecule has 0 bridgehead atoms. The van der Waals surface area contributed by atoms with Gasteiger partial charge < -0.3 is 4.74 Å². The fraction of sp³-hybridized carbons (Fsp3) is 0.688. The molecule has 0 unspecified atom stereocenters. The Morgan fingerprint density at radius 3 is 2.67 bits per heavy atom. The van der Waals surface area contributed by atoms with E-state index in [1.165, 1.54) is 19.8 Å². The molecule has 0 rings (SSSR count). The van der Waals surface area contributed by atoms with Crippen LogP contribution in [0.15, 0.2) is 12.2 Å². The number of ether oxygens (including phenoxy) is 1. The Bertz CT molecular complexity index is 281. The number of carbonyl (C=O) groups is 1. The first-order chi connectivity index (χ1) is 8.77. The molecule has 0 fully saturated rings. The van der Waals surface area contributed by atoms with Gasteiger partial charge in [-0.3, -0.25) is 4.79 Å². The lowest BCUT2D eigenvalue weighted by Gasteiger charge is -2.00. The SMILES string of the molecule is CCCCC=CC#CCCCCCCOC(C)=O. The maximum atomic E-state index is 10.5. The van der Waals surface area contributed by atoms with Crippen LogP contribution in [-0.4, -0.2) is 12.6 Å². The van der Waals surface area contributed by atoms with Crippen molar-refractivity contribution in [1.29, 1.82) is 0 Å². The summed E-state index contributed by atoms with van der Waals surface area (Å²) in [5.41, 5.74) is 0. The lowest BCUT2D eigenvalue weighted by molar-refractivity contribution is -0.141. The predicted molar refractivity (Wildman–Crippen MR) is 76.2 cm³/mol. The molecule has 0 aliphatic heterocycles. The van der Waals surface area contributed by atoms with Gasteiger partial charge in [-0.25, -0.2) is 0 Å². The average molecular weight is 250 g/mol. The first kappa shape index (κ1) is 16.8. The molecule has 0 saturated heterocycles. The normalized spacial score (nSPS) is 10.1. The van der Waals surface area contributed by atoms with Crippen molar-refractivity contribution in [3.05, 3.63) is 12.2 Å². The van der Waals surface area contributed by atoms with Crippen molar-refractivity contribution in [2.75, 3.05) is 6.61 Å². The summed E-state index contributed by atoms with van der Waals surface area (Å²) >= 11 is 0. The summed E-state index contributed by atoms with van der Waals surface area (Å²) in [6, 6.07) is 0. The molecule has 0 atom stereocenters. The van der Waals surface area contributed by atoms with Crippen LogP contribution in [0.25, 0.3) is 0 Å². The van der Waals surface area contributed by atoms with E-state index in [9.17, 15) is 4.79 Å². The van der Waals surface area contributed by atoms with Gasteiger partial charge in [0.25, 0.3) is 0 Å². The van der Waals surface area contributed by atoms with E-state index < -0.39 is 0 Å². The second kappa shape index (κ2) is 13.8. The second-order valence-electron chi connectivity index (χ2n) is 4.37. The number of allylic oxidation sites excluding steroid dienone is 2. The minimum atomic E-state index is -0.185. The van der Waals surface area contributed by atoms with Crippen molar-refractivity contribution >= 4 is 5.97 Å². The average Bonchev–Trinajstić information content (AvgIpc) is 2.34. The molecule has 18 heavy (non-hydrogen) atoms. The molecule has 0 N–H and O–H groups in total. The number of hydrogen-bond donors (Lipinski definition) is 0. The Morgan fingerprint density at radius 1 is 1.17 bits per heavy atom. The molecule has 0 amide bonds. The zero-order valence-electron chi connectivity index (χ0n) is 11.8. The summed E-state index contributed by atoms with van der Waals surface area (Å²) in [7, 11) is 0. The summed E-state index contributed by atoms with van der Waals surface area (Å²) in [4.78, 5) is 10.5. The van der Waals surface area contributed by atoms with Crippen LogP contribution >= 0.6 is 0 Å². The van der Waals surface area contributed by atoms with E-state index in [4.69, 9.17) is 4.74 Å². The Balaban J connectivity index is 3.22. The number of rotatable bonds is 9. The van der Waals surface area contributed by atoms with E-state index in [1.54, 1.807) is 0 Å². The predicted octanol–water partition coefficient (Wildman–Crippen LogP) is 4.25. The van der Waals surface area contributed by atoms with Crippen molar-refractivity contribution in [3.8, 4) is 11.8 Å². The van der Waals surface area contributed by atoms with Crippen molar-refractivity contribution in [2.24, 2.45) is 0 Å². The van der Waals surface area contributed by atoms with Gasteiger partial charge in [0.2, 0.25) is 0 Å². The van der Waals surface area contributed by atoms with Crippen LogP contribution in [0.1, 0.15) is 65.2 Å². The lowest BCUT2D eigenvalue weighted by Crippen LogP contribution is -1.99. The van der Waals surface area contributed by atoms with Gasteiger partial charge >= 0.3 is 5.97 Å². The van der Waals surface area contributed by atoms with Gasteiger partial charge in [-0.1, -0.05) is 50.5 Å². The molecule has 2 heteroatoms. The first-order valence-electron chi connectivity index (χ1n) is 7.04. The van der Waals surface area contributed by atoms with Gasteiger partial charge in [0, 0.05) is 13.3 Å². The van der Waals surface area contributed by atoms with Crippen molar-refractivity contribution in [3.63, 3.8) is 0 Å². The maximum Gasteiger partial charge on any atom is 0.302 e. The number of unbranched alkanes of at least 4 members (excludes halogenated alkanes) is 6. The van der Waals surface area contributed by atoms with Crippen LogP contribution in [0.3, 0.4) is 0 Å². The van der Waals surface area contributed by atoms with Crippen LogP contribution in [0.4, 0.5) is 0 Å². The molecule has 0 radical (unpaired) electrons. The van der Waals surface area contributed by atoms with Crippen molar-refractivity contribution < 1.29 is 9.53 Å². The largest absolute Gasteiger partial charge is 0.466 e. The molecular formula is C16H26O2. The van der Waals surface area contributed by atoms with Gasteiger partial charge in [0.05, 0.1) is 6.61 Å². The van der Waals surface area contributed by atoms with Crippen molar-refractivity contribution in [1.82, 2.24) is 0 Å². The van der Waals surface area contributed by atoms with Crippen molar-refractivity contribution in [2.45, 2.75) is 65.2 Å². The highest BCUT2D eigenvalue weighted by molar-refractivity contribution is 5.65. The van der Waals surface area contributed by atoms with Crippen LogP contribution in [0, 0.1) is 11.8 Å². The third-order valence-electron chi connectivity index (χ3n) is 2.53. The van der Waals surface area contributed by atoms with Gasteiger partial charge in [-0.2, -0.15) is 0 Å². The van der Waals surface area contributed by atoms with Crippen LogP contribution in [0.5, 0.6) is 0 Å². The second-order valence-corrected chi connectivity index (χ2v) is 4.37. The highest BCUT2D eigenvalue weighted by Crippen LogP contribution is 2.02. The summed E-state index contributed by atoms with van der Waals surface area (Å²) in [5.74, 6) is 6.03. The monoisotopic (exact) mass is 250 g/mol. The van der Waals surface area contributed by atoms with Gasteiger partial charge in [-0.05, 0) is 25.3 Å². The smallest absolute Gasteiger partial charge is 0.302 e. The standard InChI is InChI=1S/C16H26O2/c1-3-4-5-6-7-8-9-10-11-12-13-14-15-18-16(2)17/h6-7H,3-5,10-15H2,1-2H3. The highest BCUT2D eigenvalue weighted by atomic mass is 16.5. The Kier molecular flexibility index (Phi) is 12.9. The van der Waals surface area contributed by atoms with Crippen LogP contribution < -0.4 is 0 Å². The number of carbonyl (C=O) groups excluding carboxylic acids is 1. The van der Waals surface area contributed by atoms with Gasteiger partial charge in [0.1, 0.15) is 0 Å². The Hall–Kier alpha value is -1.23. The molecule has 0 aromatic carbocycles. The third kappa shape index (κ3) is 14.8. The Morgan fingerprint density at radius 2 is 1.94 bits per heavy atom. The van der Waals surface area contributed by atoms with E-state index in [0.29, 0.717) is 6.61 Å². The quantitative estimate of drug-likeness (QED) is 0.347. The molecule has 2 nitrogen and oxygen atoms in total. The minimum absolute atomic E-state index is 0.185. The maximum absolute atomic E-state index is 10.5. The molecule has 0 aromatic heterocycles. The molecule has 0 aliphatic carbocycles. The molecule has 0 spiro atoms. The minimum Gasteiger partial charge on any atom is -0.466 e. The summed E-state index contributed by atoms with van der Waals surface area (Å²) in [5, 5.41) is 0. The third-order valence-corrected chi connectivity index (χ3v) is 2.53. The first-order valence-corrected chi connectivity index (χ1v) is 7.04. The molecule has 0 heterocycles. The topological polar surface area (TPSA) is 26.3 Å². The highest BCUT2D eigenvalue weighted by Gasteiger charge is 1.92. The van der Waals surface area contributed by atoms with E-state index in [0.717, 1.165) is 38.5 Å². The Labute approximate surface area is 112 Å². The summed E-state index contributed by atoms with van der Waals surface area (Å²) in [6.45, 7) is 4.20. The van der Waals surface area contributed by atoms with Crippen LogP contribution in [-0.2, 0) is 9.53 Å². The molecule has 0 aliphatic rings. The zero-order chi connectivity index (χ0) is 13.5. The fourth-order valence-corrected chi connectivity index (χ4v) is 1.48. The van der Waals surface area contributed by atoms with E-state index in [1.807, 2.05) is 6.08 Å². The fourth-order valence-electron chi connectivity index (χ4n) is 1.48. The number of hydrogen-bond acceptors (Lipinski definition) is 2. The number of esters is 1.